The number of nitrogens with one attached hydrogen (secondary N) is 1. The molecule has 4 heterocycles. The number of carboxylic acid groups (broad SMARTS) is 1. The molecule has 190 valence electrons. The van der Waals surface area contributed by atoms with Gasteiger partial charge in [0.15, 0.2) is 34.7 Å². The molecule has 0 spiro atoms. The third kappa shape index (κ3) is 4.90. The highest BCUT2D eigenvalue weighted by molar-refractivity contribution is 8.00. The van der Waals surface area contributed by atoms with E-state index in [0.29, 0.717) is 5.57 Å². The van der Waals surface area contributed by atoms with E-state index in [4.69, 9.17) is 10.6 Å². The Morgan fingerprint density at radius 1 is 1.44 bits per heavy atom. The van der Waals surface area contributed by atoms with Crippen molar-refractivity contribution < 1.29 is 41.9 Å². The van der Waals surface area contributed by atoms with E-state index in [-0.39, 0.29) is 39.4 Å². The SMILES string of the molecule is CO/N=C(\C(=O)N[C@@H]1C(=O)N2C(C(=O)O)=C(C[n+]3cccc(S(=O)(=O)O)c3)CS[C@H]12)c1csc(N)n1. The second kappa shape index (κ2) is 9.84. The van der Waals surface area contributed by atoms with E-state index in [1.54, 1.807) is 0 Å². The van der Waals surface area contributed by atoms with E-state index in [1.807, 2.05) is 0 Å². The molecule has 1 fully saturated rings. The highest BCUT2D eigenvalue weighted by Crippen LogP contribution is 2.40. The molecule has 4 rings (SSSR count). The van der Waals surface area contributed by atoms with Gasteiger partial charge in [0, 0.05) is 22.8 Å². The number of amides is 2. The van der Waals surface area contributed by atoms with Gasteiger partial charge in [-0.15, -0.1) is 23.1 Å². The largest absolute Gasteiger partial charge is 0.477 e. The standard InChI is InChI=1S/C19H18N6O8S3/c1-33-23-12(11-8-35-19(20)21-11)15(26)22-13-16(27)25-14(18(28)29)9(7-34-17(13)25)5-24-4-2-3-10(6-24)36(30,31)32/h2-4,6,8,13,17H,5,7H2,1H3,(H4-,20,21,22,26,28,29,30,31,32)/p+1/b23-12-/t13-,17-/m1/s1. The summed E-state index contributed by atoms with van der Waals surface area (Å²) in [6.07, 6.45) is 2.65. The minimum Gasteiger partial charge on any atom is -0.477 e. The van der Waals surface area contributed by atoms with Crippen LogP contribution in [0.1, 0.15) is 5.69 Å². The van der Waals surface area contributed by atoms with Crippen molar-refractivity contribution >= 4 is 61.8 Å². The number of fused-ring (bicyclic) bond motifs is 1. The number of thioether (sulfide) groups is 1. The lowest BCUT2D eigenvalue weighted by molar-refractivity contribution is -0.690. The van der Waals surface area contributed by atoms with Crippen LogP contribution in [0.5, 0.6) is 0 Å². The predicted molar refractivity (Wildman–Crippen MR) is 126 cm³/mol. The maximum absolute atomic E-state index is 12.9. The zero-order chi connectivity index (χ0) is 26.2. The van der Waals surface area contributed by atoms with Crippen molar-refractivity contribution in [3.8, 4) is 0 Å². The molecular formula is C19H19N6O8S3+. The number of aliphatic carboxylic acids is 1. The number of oxime groups is 1. The summed E-state index contributed by atoms with van der Waals surface area (Å²) in [5, 5.41) is 17.1. The van der Waals surface area contributed by atoms with Gasteiger partial charge in [-0.1, -0.05) is 5.16 Å². The van der Waals surface area contributed by atoms with Gasteiger partial charge in [0.25, 0.3) is 21.9 Å². The number of rotatable bonds is 8. The maximum Gasteiger partial charge on any atom is 0.352 e. The molecule has 36 heavy (non-hydrogen) atoms. The van der Waals surface area contributed by atoms with E-state index in [0.717, 1.165) is 22.4 Å². The molecule has 2 aliphatic rings. The molecule has 0 radical (unpaired) electrons. The molecule has 2 aromatic heterocycles. The van der Waals surface area contributed by atoms with Crippen LogP contribution in [0.3, 0.4) is 0 Å². The fourth-order valence-electron chi connectivity index (χ4n) is 3.68. The number of carboxylic acids is 1. The van der Waals surface area contributed by atoms with Gasteiger partial charge < -0.3 is 21.0 Å². The highest BCUT2D eigenvalue weighted by Gasteiger charge is 2.54. The third-order valence-corrected chi connectivity index (χ3v) is 8.05. The van der Waals surface area contributed by atoms with Crippen molar-refractivity contribution in [2.75, 3.05) is 18.6 Å². The van der Waals surface area contributed by atoms with Gasteiger partial charge in [-0.2, -0.15) is 13.0 Å². The molecule has 2 atom stereocenters. The molecule has 0 bridgehead atoms. The van der Waals surface area contributed by atoms with Gasteiger partial charge in [-0.25, -0.2) is 9.78 Å². The summed E-state index contributed by atoms with van der Waals surface area (Å²) in [6, 6.07) is 1.56. The summed E-state index contributed by atoms with van der Waals surface area (Å²) in [5.41, 5.74) is 5.68. The summed E-state index contributed by atoms with van der Waals surface area (Å²) in [4.78, 5) is 47.3. The van der Waals surface area contributed by atoms with Crippen LogP contribution < -0.4 is 15.6 Å². The van der Waals surface area contributed by atoms with E-state index in [2.05, 4.69) is 15.5 Å². The molecule has 17 heteroatoms. The Morgan fingerprint density at radius 2 is 2.19 bits per heavy atom. The molecule has 2 aromatic rings. The van der Waals surface area contributed by atoms with Crippen molar-refractivity contribution in [1.82, 2.24) is 15.2 Å². The number of anilines is 1. The van der Waals surface area contributed by atoms with Crippen LogP contribution in [0.2, 0.25) is 0 Å². The number of hydrogen-bond acceptors (Lipinski definition) is 11. The molecule has 1 saturated heterocycles. The summed E-state index contributed by atoms with van der Waals surface area (Å²) in [7, 11) is -3.21. The zero-order valence-electron chi connectivity index (χ0n) is 18.4. The minimum absolute atomic E-state index is 0.0403. The van der Waals surface area contributed by atoms with Gasteiger partial charge >= 0.3 is 5.97 Å². The number of hydrogen-bond donors (Lipinski definition) is 4. The number of nitrogen functional groups attached to an aromatic ring is 1. The number of aromatic nitrogens is 2. The van der Waals surface area contributed by atoms with Crippen LogP contribution in [-0.2, 0) is 35.9 Å². The average molecular weight is 556 g/mol. The maximum atomic E-state index is 12.9. The predicted octanol–water partition coefficient (Wildman–Crippen LogP) is -0.951. The van der Waals surface area contributed by atoms with Crippen molar-refractivity contribution in [2.45, 2.75) is 22.9 Å². The molecule has 0 unspecified atom stereocenters. The summed E-state index contributed by atoms with van der Waals surface area (Å²) in [6.45, 7) is -0.0403. The summed E-state index contributed by atoms with van der Waals surface area (Å²) < 4.78 is 33.5. The first-order valence-electron chi connectivity index (χ1n) is 10.0. The Morgan fingerprint density at radius 3 is 2.81 bits per heavy atom. The molecule has 2 amide bonds. The molecule has 2 aliphatic heterocycles. The van der Waals surface area contributed by atoms with Gasteiger partial charge in [-0.05, 0) is 6.07 Å². The molecular weight excluding hydrogens is 536 g/mol. The Bertz CT molecular complexity index is 1420. The molecule has 0 aliphatic carbocycles. The van der Waals surface area contributed by atoms with Gasteiger partial charge in [0.05, 0.1) is 0 Å². The van der Waals surface area contributed by atoms with E-state index in [9.17, 15) is 32.5 Å². The Balaban J connectivity index is 1.55. The Kier molecular flexibility index (Phi) is 6.98. The lowest BCUT2D eigenvalue weighted by Crippen LogP contribution is -2.71. The number of carbonyl (C=O) groups is 3. The van der Waals surface area contributed by atoms with Crippen molar-refractivity contribution in [1.29, 1.82) is 0 Å². The smallest absolute Gasteiger partial charge is 0.352 e. The molecule has 5 N–H and O–H groups in total. The number of β-lactam (4-membered cyclic amide) rings is 1. The second-order valence-corrected chi connectivity index (χ2v) is 10.9. The molecule has 0 saturated carbocycles. The van der Waals surface area contributed by atoms with Crippen LogP contribution >= 0.6 is 23.1 Å². The van der Waals surface area contributed by atoms with Crippen molar-refractivity contribution in [3.05, 3.63) is 46.9 Å². The lowest BCUT2D eigenvalue weighted by atomic mass is 10.0. The van der Waals surface area contributed by atoms with Gasteiger partial charge in [-0.3, -0.25) is 19.0 Å². The van der Waals surface area contributed by atoms with Gasteiger partial charge in [0.1, 0.15) is 29.9 Å². The minimum atomic E-state index is -4.45. The fraction of sp³-hybridized carbons (Fsp3) is 0.263. The van der Waals surface area contributed by atoms with E-state index < -0.39 is 39.3 Å². The average Bonchev–Trinajstić information content (AvgIpc) is 3.25. The van der Waals surface area contributed by atoms with Crippen LogP contribution in [-0.4, -0.2) is 75.7 Å². The van der Waals surface area contributed by atoms with Gasteiger partial charge in [0.2, 0.25) is 0 Å². The zero-order valence-corrected chi connectivity index (χ0v) is 20.8. The Labute approximate surface area is 212 Å². The molecule has 14 nitrogen and oxygen atoms in total. The van der Waals surface area contributed by atoms with E-state index in [1.165, 1.54) is 47.1 Å². The second-order valence-electron chi connectivity index (χ2n) is 7.50. The van der Waals surface area contributed by atoms with Crippen molar-refractivity contribution in [2.24, 2.45) is 5.16 Å². The topological polar surface area (TPSA) is 205 Å². The van der Waals surface area contributed by atoms with Crippen LogP contribution in [0.15, 0.2) is 51.2 Å². The monoisotopic (exact) mass is 555 g/mol. The summed E-state index contributed by atoms with van der Waals surface area (Å²) >= 11 is 2.32. The number of thiazole rings is 1. The highest BCUT2D eigenvalue weighted by atomic mass is 32.2. The fourth-order valence-corrected chi connectivity index (χ4v) is 6.08. The van der Waals surface area contributed by atoms with Crippen LogP contribution in [0.25, 0.3) is 0 Å². The first-order valence-corrected chi connectivity index (χ1v) is 13.4. The van der Waals surface area contributed by atoms with Crippen LogP contribution in [0, 0.1) is 0 Å². The lowest BCUT2D eigenvalue weighted by Gasteiger charge is -2.49. The number of nitrogens with zero attached hydrogens (tertiary/aromatic N) is 4. The first-order chi connectivity index (χ1) is 17.0. The quantitative estimate of drug-likeness (QED) is 0.103. The summed E-state index contributed by atoms with van der Waals surface area (Å²) in [5.74, 6) is -2.54. The third-order valence-electron chi connectivity index (χ3n) is 5.20. The number of carbonyl (C=O) groups excluding carboxylic acids is 2. The van der Waals surface area contributed by atoms with Crippen molar-refractivity contribution in [3.63, 3.8) is 0 Å². The van der Waals surface area contributed by atoms with Crippen LogP contribution in [0.4, 0.5) is 5.13 Å². The number of pyridine rings is 1. The molecule has 0 aromatic carbocycles. The first kappa shape index (κ1) is 25.5. The van der Waals surface area contributed by atoms with E-state index >= 15 is 0 Å². The number of nitrogens with two attached hydrogens (primary N) is 1. The normalized spacial score (nSPS) is 20.0. The Hall–Kier alpha value is -3.54.